The molecule has 0 aliphatic heterocycles. The van der Waals surface area contributed by atoms with Gasteiger partial charge in [-0.3, -0.25) is 13.8 Å². The van der Waals surface area contributed by atoms with Crippen molar-refractivity contribution < 1.29 is 21.6 Å². The van der Waals surface area contributed by atoms with E-state index in [4.69, 9.17) is 23.2 Å². The van der Waals surface area contributed by atoms with Gasteiger partial charge in [0.15, 0.2) is 0 Å². The Morgan fingerprint density at radius 3 is 2.23 bits per heavy atom. The zero-order chi connectivity index (χ0) is 26.0. The third kappa shape index (κ3) is 6.66. The van der Waals surface area contributed by atoms with Crippen molar-refractivity contribution >= 4 is 66.2 Å². The fourth-order valence-corrected chi connectivity index (χ4v) is 5.57. The second kappa shape index (κ2) is 10.4. The second-order valence-corrected chi connectivity index (χ2v) is 12.2. The summed E-state index contributed by atoms with van der Waals surface area (Å²) >= 11 is 12.1. The van der Waals surface area contributed by atoms with E-state index in [0.29, 0.717) is 38.2 Å². The molecule has 0 fully saturated rings. The maximum absolute atomic E-state index is 12.7. The Balaban J connectivity index is 1.75. The molecule has 0 unspecified atom stereocenters. The number of halogens is 2. The van der Waals surface area contributed by atoms with Crippen molar-refractivity contribution in [2.24, 2.45) is 0 Å². The SMILES string of the molecule is Cc1ccc(Cl)cc1N(CC(=O)Nc1ccc(S(=O)(=O)Nc2cccc(Cl)c2C)cc1)S(C)(=O)=O. The van der Waals surface area contributed by atoms with E-state index in [-0.39, 0.29) is 4.90 Å². The van der Waals surface area contributed by atoms with Crippen molar-refractivity contribution in [2.75, 3.05) is 27.1 Å². The first-order chi connectivity index (χ1) is 16.3. The highest BCUT2D eigenvalue weighted by Crippen LogP contribution is 2.27. The summed E-state index contributed by atoms with van der Waals surface area (Å²) in [6, 6.07) is 15.1. The van der Waals surface area contributed by atoms with Crippen LogP contribution in [-0.4, -0.2) is 35.5 Å². The topological polar surface area (TPSA) is 113 Å². The Hall–Kier alpha value is -2.79. The van der Waals surface area contributed by atoms with Gasteiger partial charge in [-0.1, -0.05) is 35.3 Å². The lowest BCUT2D eigenvalue weighted by Crippen LogP contribution is -2.37. The number of carbonyl (C=O) groups is 1. The van der Waals surface area contributed by atoms with E-state index in [0.717, 1.165) is 10.6 Å². The van der Waals surface area contributed by atoms with Crippen LogP contribution in [0.3, 0.4) is 0 Å². The standard InChI is InChI=1S/C23H23Cl2N3O5S2/c1-15-7-8-17(24)13-22(15)28(34(3,30)31)14-23(29)26-18-9-11-19(12-10-18)35(32,33)27-21-6-4-5-20(25)16(21)2/h4-13,27H,14H2,1-3H3,(H,26,29). The average Bonchev–Trinajstić information content (AvgIpc) is 2.76. The molecule has 3 aromatic rings. The van der Waals surface area contributed by atoms with Crippen molar-refractivity contribution in [3.8, 4) is 0 Å². The van der Waals surface area contributed by atoms with Crippen LogP contribution in [-0.2, 0) is 24.8 Å². The van der Waals surface area contributed by atoms with Gasteiger partial charge in [0.25, 0.3) is 10.0 Å². The summed E-state index contributed by atoms with van der Waals surface area (Å²) in [4.78, 5) is 12.6. The third-order valence-corrected chi connectivity index (χ3v) is 8.24. The van der Waals surface area contributed by atoms with Gasteiger partial charge in [-0.15, -0.1) is 0 Å². The molecule has 2 N–H and O–H groups in total. The van der Waals surface area contributed by atoms with Gasteiger partial charge in [0.2, 0.25) is 15.9 Å². The number of aryl methyl sites for hydroxylation is 1. The van der Waals surface area contributed by atoms with Gasteiger partial charge < -0.3 is 5.32 Å². The van der Waals surface area contributed by atoms with Crippen molar-refractivity contribution in [1.82, 2.24) is 0 Å². The minimum atomic E-state index is -3.90. The van der Waals surface area contributed by atoms with E-state index in [9.17, 15) is 21.6 Å². The molecule has 3 aromatic carbocycles. The Kier molecular flexibility index (Phi) is 8.00. The van der Waals surface area contributed by atoms with Crippen molar-refractivity contribution in [3.05, 3.63) is 81.8 Å². The van der Waals surface area contributed by atoms with E-state index in [1.54, 1.807) is 44.2 Å². The summed E-state index contributed by atoms with van der Waals surface area (Å²) < 4.78 is 53.6. The first kappa shape index (κ1) is 26.8. The van der Waals surface area contributed by atoms with Crippen LogP contribution in [0.1, 0.15) is 11.1 Å². The molecule has 8 nitrogen and oxygen atoms in total. The Morgan fingerprint density at radius 1 is 0.943 bits per heavy atom. The first-order valence-corrected chi connectivity index (χ1v) is 14.3. The molecule has 0 saturated carbocycles. The number of nitrogens with zero attached hydrogens (tertiary/aromatic N) is 1. The van der Waals surface area contributed by atoms with Gasteiger partial charge in [0.05, 0.1) is 22.5 Å². The molecule has 1 amide bonds. The maximum atomic E-state index is 12.7. The quantitative estimate of drug-likeness (QED) is 0.413. The number of nitrogens with one attached hydrogen (secondary N) is 2. The molecule has 12 heteroatoms. The lowest BCUT2D eigenvalue weighted by Gasteiger charge is -2.24. The summed E-state index contributed by atoms with van der Waals surface area (Å²) in [7, 11) is -7.69. The number of rotatable bonds is 8. The minimum Gasteiger partial charge on any atom is -0.325 e. The van der Waals surface area contributed by atoms with Crippen LogP contribution in [0.25, 0.3) is 0 Å². The maximum Gasteiger partial charge on any atom is 0.261 e. The fraction of sp³-hybridized carbons (Fsp3) is 0.174. The van der Waals surface area contributed by atoms with E-state index >= 15 is 0 Å². The number of carbonyl (C=O) groups excluding carboxylic acids is 1. The predicted molar refractivity (Wildman–Crippen MR) is 140 cm³/mol. The molecule has 0 heterocycles. The van der Waals surface area contributed by atoms with Crippen molar-refractivity contribution in [3.63, 3.8) is 0 Å². The van der Waals surface area contributed by atoms with Gasteiger partial charge in [-0.05, 0) is 73.5 Å². The predicted octanol–water partition coefficient (Wildman–Crippen LogP) is 4.82. The molecule has 0 aromatic heterocycles. The highest BCUT2D eigenvalue weighted by atomic mass is 35.5. The molecule has 0 atom stereocenters. The number of anilines is 3. The van der Waals surface area contributed by atoms with Crippen LogP contribution in [0.15, 0.2) is 65.6 Å². The van der Waals surface area contributed by atoms with Crippen LogP contribution in [0.2, 0.25) is 10.0 Å². The monoisotopic (exact) mass is 555 g/mol. The smallest absolute Gasteiger partial charge is 0.261 e. The molecular formula is C23H23Cl2N3O5S2. The lowest BCUT2D eigenvalue weighted by atomic mass is 10.2. The van der Waals surface area contributed by atoms with Crippen LogP contribution in [0.5, 0.6) is 0 Å². The number of amides is 1. The number of benzene rings is 3. The third-order valence-electron chi connectivity index (χ3n) is 5.09. The largest absolute Gasteiger partial charge is 0.325 e. The Morgan fingerprint density at radius 2 is 1.60 bits per heavy atom. The number of sulfonamides is 2. The van der Waals surface area contributed by atoms with Crippen molar-refractivity contribution in [2.45, 2.75) is 18.7 Å². The second-order valence-electron chi connectivity index (χ2n) is 7.79. The number of hydrogen-bond donors (Lipinski definition) is 2. The van der Waals surface area contributed by atoms with E-state index in [1.807, 2.05) is 0 Å². The normalized spacial score (nSPS) is 11.7. The Bertz CT molecular complexity index is 1480. The van der Waals surface area contributed by atoms with Gasteiger partial charge in [-0.2, -0.15) is 0 Å². The molecule has 0 spiro atoms. The molecule has 0 aliphatic carbocycles. The summed E-state index contributed by atoms with van der Waals surface area (Å²) in [5.41, 5.74) is 2.16. The molecule has 186 valence electrons. The molecule has 0 bridgehead atoms. The zero-order valence-corrected chi connectivity index (χ0v) is 22.2. The fourth-order valence-electron chi connectivity index (χ4n) is 3.20. The van der Waals surface area contributed by atoms with Crippen LogP contribution in [0, 0.1) is 13.8 Å². The number of hydrogen-bond acceptors (Lipinski definition) is 5. The Labute approximate surface area is 215 Å². The molecule has 0 saturated heterocycles. The first-order valence-electron chi connectivity index (χ1n) is 10.2. The van der Waals surface area contributed by atoms with E-state index < -0.39 is 32.5 Å². The zero-order valence-electron chi connectivity index (χ0n) is 19.0. The van der Waals surface area contributed by atoms with Gasteiger partial charge in [0.1, 0.15) is 6.54 Å². The van der Waals surface area contributed by atoms with Gasteiger partial charge in [0, 0.05) is 15.7 Å². The van der Waals surface area contributed by atoms with Crippen LogP contribution in [0.4, 0.5) is 17.1 Å². The van der Waals surface area contributed by atoms with Gasteiger partial charge in [-0.25, -0.2) is 16.8 Å². The van der Waals surface area contributed by atoms with Gasteiger partial charge >= 0.3 is 0 Å². The van der Waals surface area contributed by atoms with E-state index in [1.165, 1.54) is 30.3 Å². The van der Waals surface area contributed by atoms with E-state index in [2.05, 4.69) is 10.0 Å². The summed E-state index contributed by atoms with van der Waals surface area (Å²) in [6.07, 6.45) is 0.995. The molecule has 35 heavy (non-hydrogen) atoms. The lowest BCUT2D eigenvalue weighted by molar-refractivity contribution is -0.114. The van der Waals surface area contributed by atoms with Crippen molar-refractivity contribution in [1.29, 1.82) is 0 Å². The molecular weight excluding hydrogens is 533 g/mol. The highest BCUT2D eigenvalue weighted by molar-refractivity contribution is 7.92. The molecule has 0 radical (unpaired) electrons. The summed E-state index contributed by atoms with van der Waals surface area (Å²) in [5.74, 6) is -0.613. The molecule has 0 aliphatic rings. The highest BCUT2D eigenvalue weighted by Gasteiger charge is 2.23. The van der Waals surface area contributed by atoms with Crippen LogP contribution < -0.4 is 14.3 Å². The summed E-state index contributed by atoms with van der Waals surface area (Å²) in [6.45, 7) is 2.92. The van der Waals surface area contributed by atoms with Crippen LogP contribution >= 0.6 is 23.2 Å². The molecule has 3 rings (SSSR count). The summed E-state index contributed by atoms with van der Waals surface area (Å²) in [5, 5.41) is 3.34. The average molecular weight is 556 g/mol. The minimum absolute atomic E-state index is 0.0258.